The van der Waals surface area contributed by atoms with Crippen molar-refractivity contribution in [3.63, 3.8) is 0 Å². The Balaban J connectivity index is 1.63. The SMILES string of the molecule is CCCCOP(=O)(OCCCC)n1nc(CN2CCO[C@H](O[C@H](C)c3cc(C(F)(F)F)cc(C(F)(F)F)c3)[C@@H]2C2C=CC(F)=CC2)[nH]c1=O. The number of nitrogens with zero attached hydrogens (tertiary/aromatic N) is 3. The lowest BCUT2D eigenvalue weighted by molar-refractivity contribution is -0.236. The summed E-state index contributed by atoms with van der Waals surface area (Å²) in [6, 6.07) is 0.449. The zero-order valence-corrected chi connectivity index (χ0v) is 28.1. The van der Waals surface area contributed by atoms with Gasteiger partial charge >= 0.3 is 25.8 Å². The fourth-order valence-corrected chi connectivity index (χ4v) is 6.93. The standard InChI is InChI=1S/C31H40F7N4O6P/c1-4-6-13-46-49(44,47-14-7-5-2)42-29(43)39-26(40-42)19-41-12-15-45-28(27(41)21-8-10-25(32)11-9-21)48-20(3)22-16-23(30(33,34)35)18-24(17-22)31(36,37)38/h8,10-11,16-18,20-21,27-28H,4-7,9,12-15,19H2,1-3H3,(H,39,40,43)/t20-,21?,27+,28-/m1/s1. The van der Waals surface area contributed by atoms with Crippen LogP contribution in [0.5, 0.6) is 0 Å². The molecular formula is C31H40F7N4O6P. The van der Waals surface area contributed by atoms with E-state index in [4.69, 9.17) is 18.5 Å². The molecule has 2 aliphatic rings. The van der Waals surface area contributed by atoms with E-state index < -0.39 is 67.1 Å². The van der Waals surface area contributed by atoms with Gasteiger partial charge in [-0.05, 0) is 62.1 Å². The molecule has 0 spiro atoms. The number of hydrogen-bond acceptors (Lipinski definition) is 8. The number of unbranched alkanes of at least 4 members (excludes halogenated alkanes) is 2. The first kappa shape index (κ1) is 39.0. The monoisotopic (exact) mass is 728 g/mol. The van der Waals surface area contributed by atoms with Crippen molar-refractivity contribution in [2.24, 2.45) is 5.92 Å². The summed E-state index contributed by atoms with van der Waals surface area (Å²) in [6.45, 7) is 5.42. The van der Waals surface area contributed by atoms with Gasteiger partial charge in [-0.15, -0.1) is 9.55 Å². The Morgan fingerprint density at radius 2 is 1.65 bits per heavy atom. The predicted molar refractivity (Wildman–Crippen MR) is 164 cm³/mol. The molecule has 2 aromatic rings. The molecule has 1 saturated heterocycles. The Morgan fingerprint density at radius 1 is 1.04 bits per heavy atom. The molecule has 1 aromatic heterocycles. The number of allylic oxidation sites excluding steroid dienone is 3. The van der Waals surface area contributed by atoms with Crippen molar-refractivity contribution in [2.45, 2.75) is 90.2 Å². The molecule has 1 unspecified atom stereocenters. The number of benzene rings is 1. The maximum absolute atomic E-state index is 14.0. The lowest BCUT2D eigenvalue weighted by Crippen LogP contribution is -2.55. The van der Waals surface area contributed by atoms with Gasteiger partial charge in [0.05, 0.1) is 49.6 Å². The third-order valence-corrected chi connectivity index (χ3v) is 9.80. The van der Waals surface area contributed by atoms with Crippen LogP contribution in [0.2, 0.25) is 0 Å². The molecule has 1 fully saturated rings. The van der Waals surface area contributed by atoms with Crippen LogP contribution in [0.1, 0.15) is 81.5 Å². The summed E-state index contributed by atoms with van der Waals surface area (Å²) >= 11 is 0. The summed E-state index contributed by atoms with van der Waals surface area (Å²) in [5.41, 5.74) is -4.19. The van der Waals surface area contributed by atoms with Crippen molar-refractivity contribution < 1.29 is 53.8 Å². The third-order valence-electron chi connectivity index (χ3n) is 8.04. The minimum atomic E-state index is -5.05. The number of nitrogens with one attached hydrogen (secondary N) is 1. The van der Waals surface area contributed by atoms with Crippen LogP contribution in [-0.2, 0) is 42.0 Å². The second-order valence-corrected chi connectivity index (χ2v) is 13.6. The number of aromatic amines is 1. The van der Waals surface area contributed by atoms with E-state index in [1.54, 1.807) is 11.0 Å². The highest BCUT2D eigenvalue weighted by Gasteiger charge is 2.42. The van der Waals surface area contributed by atoms with Crippen molar-refractivity contribution in [3.05, 3.63) is 75.3 Å². The minimum Gasteiger partial charge on any atom is -0.350 e. The summed E-state index contributed by atoms with van der Waals surface area (Å²) in [6.07, 6.45) is -5.73. The van der Waals surface area contributed by atoms with Crippen LogP contribution < -0.4 is 5.69 Å². The van der Waals surface area contributed by atoms with Crippen LogP contribution in [0, 0.1) is 5.92 Å². The van der Waals surface area contributed by atoms with Crippen LogP contribution in [0.15, 0.2) is 47.0 Å². The second-order valence-electron chi connectivity index (χ2n) is 11.8. The molecule has 18 heteroatoms. The molecule has 0 saturated carbocycles. The number of H-pyrrole nitrogens is 1. The molecule has 1 N–H and O–H groups in total. The van der Waals surface area contributed by atoms with Gasteiger partial charge in [0.25, 0.3) is 0 Å². The molecule has 0 bridgehead atoms. The van der Waals surface area contributed by atoms with Crippen molar-refractivity contribution in [1.82, 2.24) is 19.4 Å². The van der Waals surface area contributed by atoms with Crippen LogP contribution in [-0.4, -0.2) is 58.1 Å². The zero-order chi connectivity index (χ0) is 36.0. The van der Waals surface area contributed by atoms with Gasteiger partial charge in [0.2, 0.25) is 0 Å². The van der Waals surface area contributed by atoms with Crippen molar-refractivity contribution in [1.29, 1.82) is 0 Å². The first-order valence-electron chi connectivity index (χ1n) is 16.0. The number of halogens is 7. The topological polar surface area (TPSA) is 108 Å². The van der Waals surface area contributed by atoms with E-state index in [2.05, 4.69) is 10.1 Å². The fraction of sp³-hybridized carbons (Fsp3) is 0.613. The van der Waals surface area contributed by atoms with Gasteiger partial charge < -0.3 is 9.47 Å². The highest BCUT2D eigenvalue weighted by molar-refractivity contribution is 7.52. The zero-order valence-electron chi connectivity index (χ0n) is 27.2. The predicted octanol–water partition coefficient (Wildman–Crippen LogP) is 7.93. The van der Waals surface area contributed by atoms with Crippen molar-refractivity contribution in [2.75, 3.05) is 26.4 Å². The van der Waals surface area contributed by atoms with E-state index in [1.165, 1.54) is 19.1 Å². The lowest BCUT2D eigenvalue weighted by atomic mass is 9.89. The maximum atomic E-state index is 14.0. The summed E-state index contributed by atoms with van der Waals surface area (Å²) in [4.78, 5) is 17.4. The summed E-state index contributed by atoms with van der Waals surface area (Å²) in [7, 11) is -4.17. The average molecular weight is 729 g/mol. The molecular weight excluding hydrogens is 688 g/mol. The van der Waals surface area contributed by atoms with E-state index in [1.807, 2.05) is 13.8 Å². The normalized spacial score (nSPS) is 21.6. The van der Waals surface area contributed by atoms with Gasteiger partial charge in [-0.2, -0.15) is 26.3 Å². The van der Waals surface area contributed by atoms with Gasteiger partial charge in [0.1, 0.15) is 11.7 Å². The number of rotatable bonds is 15. The molecule has 0 amide bonds. The maximum Gasteiger partial charge on any atom is 0.459 e. The van der Waals surface area contributed by atoms with Crippen LogP contribution in [0.25, 0.3) is 0 Å². The molecule has 0 radical (unpaired) electrons. The molecule has 4 rings (SSSR count). The highest BCUT2D eigenvalue weighted by atomic mass is 31.2. The Hall–Kier alpha value is -2.82. The molecule has 274 valence electrons. The summed E-state index contributed by atoms with van der Waals surface area (Å²) < 4.78 is 133. The number of hydrogen-bond donors (Lipinski definition) is 1. The van der Waals surface area contributed by atoms with Crippen LogP contribution in [0.3, 0.4) is 0 Å². The Morgan fingerprint density at radius 3 is 2.18 bits per heavy atom. The minimum absolute atomic E-state index is 0.0224. The Labute approximate surface area is 278 Å². The number of aromatic nitrogens is 3. The average Bonchev–Trinajstić information content (AvgIpc) is 3.41. The molecule has 49 heavy (non-hydrogen) atoms. The third kappa shape index (κ3) is 10.1. The Bertz CT molecular complexity index is 1530. The largest absolute Gasteiger partial charge is 0.459 e. The first-order chi connectivity index (χ1) is 23.1. The van der Waals surface area contributed by atoms with Gasteiger partial charge in [-0.1, -0.05) is 32.8 Å². The van der Waals surface area contributed by atoms with Gasteiger partial charge in [0, 0.05) is 12.5 Å². The van der Waals surface area contributed by atoms with Gasteiger partial charge in [0.15, 0.2) is 6.29 Å². The molecule has 1 aliphatic carbocycles. The molecule has 10 nitrogen and oxygen atoms in total. The van der Waals surface area contributed by atoms with E-state index in [0.29, 0.717) is 29.4 Å². The summed E-state index contributed by atoms with van der Waals surface area (Å²) in [5, 5.41) is 4.23. The molecule has 1 aliphatic heterocycles. The molecule has 4 atom stereocenters. The van der Waals surface area contributed by atoms with Gasteiger partial charge in [-0.3, -0.25) is 18.9 Å². The summed E-state index contributed by atoms with van der Waals surface area (Å²) in [5.74, 6) is -0.908. The van der Waals surface area contributed by atoms with E-state index in [0.717, 1.165) is 12.8 Å². The number of morpholine rings is 1. The molecule has 2 heterocycles. The van der Waals surface area contributed by atoms with Crippen LogP contribution in [0.4, 0.5) is 30.7 Å². The fourth-order valence-electron chi connectivity index (χ4n) is 5.42. The van der Waals surface area contributed by atoms with E-state index >= 15 is 0 Å². The first-order valence-corrected chi connectivity index (χ1v) is 17.5. The van der Waals surface area contributed by atoms with E-state index in [9.17, 15) is 40.1 Å². The smallest absolute Gasteiger partial charge is 0.350 e. The quantitative estimate of drug-likeness (QED) is 0.112. The van der Waals surface area contributed by atoms with Crippen molar-refractivity contribution in [3.8, 4) is 0 Å². The molecule has 1 aromatic carbocycles. The Kier molecular flexibility index (Phi) is 13.1. The number of alkyl halides is 6. The number of ether oxygens (including phenoxy) is 2. The van der Waals surface area contributed by atoms with Crippen LogP contribution >= 0.6 is 7.75 Å². The van der Waals surface area contributed by atoms with Crippen molar-refractivity contribution >= 4 is 7.75 Å². The lowest BCUT2D eigenvalue weighted by Gasteiger charge is -2.44. The highest BCUT2D eigenvalue weighted by Crippen LogP contribution is 2.48. The van der Waals surface area contributed by atoms with Gasteiger partial charge in [-0.25, -0.2) is 13.8 Å². The van der Waals surface area contributed by atoms with E-state index in [-0.39, 0.29) is 56.8 Å². The second kappa shape index (κ2) is 16.5.